The lowest BCUT2D eigenvalue weighted by molar-refractivity contribution is -0.120. The highest BCUT2D eigenvalue weighted by Gasteiger charge is 2.13. The van der Waals surface area contributed by atoms with Gasteiger partial charge in [-0.3, -0.25) is 9.59 Å². The van der Waals surface area contributed by atoms with Crippen LogP contribution in [0.25, 0.3) is 10.8 Å². The van der Waals surface area contributed by atoms with E-state index in [1.807, 2.05) is 25.1 Å². The van der Waals surface area contributed by atoms with Gasteiger partial charge in [0, 0.05) is 11.6 Å². The minimum Gasteiger partial charge on any atom is -0.368 e. The van der Waals surface area contributed by atoms with Crippen molar-refractivity contribution in [3.8, 4) is 0 Å². The number of fused-ring (bicyclic) bond motifs is 1. The van der Waals surface area contributed by atoms with Gasteiger partial charge in [-0.15, -0.1) is 0 Å². The summed E-state index contributed by atoms with van der Waals surface area (Å²) in [7, 11) is 0. The molecule has 0 aliphatic carbocycles. The fourth-order valence-electron chi connectivity index (χ4n) is 1.89. The second-order valence-corrected chi connectivity index (χ2v) is 4.14. The van der Waals surface area contributed by atoms with E-state index in [4.69, 9.17) is 5.73 Å². The molecule has 2 rings (SSSR count). The van der Waals surface area contributed by atoms with Crippen molar-refractivity contribution in [2.75, 3.05) is 0 Å². The molecule has 1 aromatic carbocycles. The minimum absolute atomic E-state index is 0.183. The number of hydrogen-bond acceptors (Lipinski definition) is 2. The van der Waals surface area contributed by atoms with Gasteiger partial charge in [-0.05, 0) is 36.9 Å². The third-order valence-corrected chi connectivity index (χ3v) is 3.02. The zero-order valence-electron chi connectivity index (χ0n) is 9.81. The van der Waals surface area contributed by atoms with Crippen molar-refractivity contribution in [1.29, 1.82) is 0 Å². The molecule has 1 amide bonds. The van der Waals surface area contributed by atoms with E-state index in [0.29, 0.717) is 5.39 Å². The van der Waals surface area contributed by atoms with Crippen molar-refractivity contribution in [2.24, 2.45) is 5.73 Å². The number of nitrogens with two attached hydrogens (primary N) is 1. The third kappa shape index (κ3) is 1.82. The molecule has 2 aromatic rings. The van der Waals surface area contributed by atoms with Crippen LogP contribution < -0.4 is 11.3 Å². The van der Waals surface area contributed by atoms with E-state index in [0.717, 1.165) is 10.9 Å². The Morgan fingerprint density at radius 2 is 2.00 bits per heavy atom. The number of hydrogen-bond donors (Lipinski definition) is 1. The summed E-state index contributed by atoms with van der Waals surface area (Å²) in [5.41, 5.74) is 6.07. The van der Waals surface area contributed by atoms with Gasteiger partial charge < -0.3 is 10.3 Å². The molecule has 0 aliphatic rings. The molecule has 17 heavy (non-hydrogen) atoms. The highest BCUT2D eigenvalue weighted by molar-refractivity contribution is 5.85. The molecule has 0 saturated heterocycles. The van der Waals surface area contributed by atoms with E-state index < -0.39 is 11.9 Å². The summed E-state index contributed by atoms with van der Waals surface area (Å²) in [4.78, 5) is 23.3. The molecule has 0 fully saturated rings. The van der Waals surface area contributed by atoms with Gasteiger partial charge >= 0.3 is 0 Å². The number of nitrogens with zero attached hydrogens (tertiary/aromatic N) is 1. The molecule has 4 heteroatoms. The maximum absolute atomic E-state index is 12.2. The van der Waals surface area contributed by atoms with Crippen molar-refractivity contribution >= 4 is 16.7 Å². The Labute approximate surface area is 98.7 Å². The second kappa shape index (κ2) is 4.05. The molecule has 4 nitrogen and oxygen atoms in total. The van der Waals surface area contributed by atoms with E-state index in [1.165, 1.54) is 4.57 Å². The summed E-state index contributed by atoms with van der Waals surface area (Å²) in [6, 6.07) is 6.75. The number of aryl methyl sites for hydroxylation is 1. The molecule has 0 bridgehead atoms. The van der Waals surface area contributed by atoms with Crippen molar-refractivity contribution in [1.82, 2.24) is 4.57 Å². The zero-order valence-corrected chi connectivity index (χ0v) is 9.81. The summed E-state index contributed by atoms with van der Waals surface area (Å²) in [5, 5.41) is 1.52. The number of aromatic nitrogens is 1. The SMILES string of the molecule is Cc1cccc2c(=O)n(C(C)C(N)=O)ccc12. The van der Waals surface area contributed by atoms with E-state index in [2.05, 4.69) is 0 Å². The smallest absolute Gasteiger partial charge is 0.259 e. The molecule has 1 atom stereocenters. The lowest BCUT2D eigenvalue weighted by Crippen LogP contribution is -2.31. The fraction of sp³-hybridized carbons (Fsp3) is 0.231. The van der Waals surface area contributed by atoms with Gasteiger partial charge in [0.25, 0.3) is 5.56 Å². The first kappa shape index (κ1) is 11.4. The first-order valence-corrected chi connectivity index (χ1v) is 5.42. The monoisotopic (exact) mass is 230 g/mol. The van der Waals surface area contributed by atoms with Gasteiger partial charge in [-0.2, -0.15) is 0 Å². The van der Waals surface area contributed by atoms with E-state index >= 15 is 0 Å². The molecule has 0 aliphatic heterocycles. The highest BCUT2D eigenvalue weighted by Crippen LogP contribution is 2.15. The molecule has 0 radical (unpaired) electrons. The standard InChI is InChI=1S/C13H14N2O2/c1-8-4-3-5-11-10(8)6-7-15(13(11)17)9(2)12(14)16/h3-7,9H,1-2H3,(H2,14,16). The van der Waals surface area contributed by atoms with Crippen LogP contribution in [0, 0.1) is 6.92 Å². The quantitative estimate of drug-likeness (QED) is 0.846. The van der Waals surface area contributed by atoms with Crippen molar-refractivity contribution in [3.05, 3.63) is 46.4 Å². The Bertz CT molecular complexity index is 643. The summed E-state index contributed by atoms with van der Waals surface area (Å²) in [5.74, 6) is -0.515. The van der Waals surface area contributed by atoms with Crippen LogP contribution in [-0.2, 0) is 4.79 Å². The second-order valence-electron chi connectivity index (χ2n) is 4.14. The number of carbonyl (C=O) groups is 1. The van der Waals surface area contributed by atoms with Crippen LogP contribution in [0.5, 0.6) is 0 Å². The first-order valence-electron chi connectivity index (χ1n) is 5.42. The number of pyridine rings is 1. The molecule has 1 aromatic heterocycles. The number of rotatable bonds is 2. The predicted octanol–water partition coefficient (Wildman–Crippen LogP) is 1.36. The third-order valence-electron chi connectivity index (χ3n) is 3.02. The maximum atomic E-state index is 12.2. The Balaban J connectivity index is 2.75. The summed E-state index contributed by atoms with van der Waals surface area (Å²) >= 11 is 0. The van der Waals surface area contributed by atoms with Gasteiger partial charge in [0.2, 0.25) is 5.91 Å². The number of benzene rings is 1. The van der Waals surface area contributed by atoms with Gasteiger partial charge in [0.1, 0.15) is 6.04 Å². The molecule has 2 N–H and O–H groups in total. The number of amides is 1. The Hall–Kier alpha value is -2.10. The van der Waals surface area contributed by atoms with Crippen LogP contribution in [-0.4, -0.2) is 10.5 Å². The maximum Gasteiger partial charge on any atom is 0.259 e. The lowest BCUT2D eigenvalue weighted by atomic mass is 10.1. The van der Waals surface area contributed by atoms with Crippen LogP contribution in [0.15, 0.2) is 35.3 Å². The summed E-state index contributed by atoms with van der Waals surface area (Å²) < 4.78 is 1.37. The van der Waals surface area contributed by atoms with Crippen molar-refractivity contribution in [3.63, 3.8) is 0 Å². The molecule has 0 saturated carbocycles. The topological polar surface area (TPSA) is 65.1 Å². The highest BCUT2D eigenvalue weighted by atomic mass is 16.2. The minimum atomic E-state index is -0.632. The normalized spacial score (nSPS) is 12.6. The van der Waals surface area contributed by atoms with E-state index in [-0.39, 0.29) is 5.56 Å². The average molecular weight is 230 g/mol. The molecule has 0 spiro atoms. The number of carbonyl (C=O) groups excluding carboxylic acids is 1. The van der Waals surface area contributed by atoms with Gasteiger partial charge in [0.05, 0.1) is 0 Å². The van der Waals surface area contributed by atoms with E-state index in [1.54, 1.807) is 19.2 Å². The van der Waals surface area contributed by atoms with Gasteiger partial charge in [-0.1, -0.05) is 12.1 Å². The average Bonchev–Trinajstić information content (AvgIpc) is 2.30. The Kier molecular flexibility index (Phi) is 2.71. The largest absolute Gasteiger partial charge is 0.368 e. The Morgan fingerprint density at radius 3 is 2.65 bits per heavy atom. The summed E-state index contributed by atoms with van der Waals surface area (Å²) in [6.07, 6.45) is 1.62. The van der Waals surface area contributed by atoms with Gasteiger partial charge in [0.15, 0.2) is 0 Å². The van der Waals surface area contributed by atoms with Crippen LogP contribution in [0.4, 0.5) is 0 Å². The summed E-state index contributed by atoms with van der Waals surface area (Å²) in [6.45, 7) is 3.56. The van der Waals surface area contributed by atoms with Crippen molar-refractivity contribution < 1.29 is 4.79 Å². The van der Waals surface area contributed by atoms with Gasteiger partial charge in [-0.25, -0.2) is 0 Å². The van der Waals surface area contributed by atoms with Crippen LogP contribution in [0.3, 0.4) is 0 Å². The molecule has 88 valence electrons. The predicted molar refractivity (Wildman–Crippen MR) is 66.9 cm³/mol. The molecule has 1 heterocycles. The lowest BCUT2D eigenvalue weighted by Gasteiger charge is -2.12. The number of primary amides is 1. The molecule has 1 unspecified atom stereocenters. The van der Waals surface area contributed by atoms with Crippen molar-refractivity contribution in [2.45, 2.75) is 19.9 Å². The first-order chi connectivity index (χ1) is 8.02. The fourth-order valence-corrected chi connectivity index (χ4v) is 1.89. The van der Waals surface area contributed by atoms with E-state index in [9.17, 15) is 9.59 Å². The zero-order chi connectivity index (χ0) is 12.6. The van der Waals surface area contributed by atoms with Crippen LogP contribution >= 0.6 is 0 Å². The molecular weight excluding hydrogens is 216 g/mol. The Morgan fingerprint density at radius 1 is 1.29 bits per heavy atom. The molecular formula is C13H14N2O2. The van der Waals surface area contributed by atoms with Crippen LogP contribution in [0.1, 0.15) is 18.5 Å². The van der Waals surface area contributed by atoms with Crippen LogP contribution in [0.2, 0.25) is 0 Å².